The van der Waals surface area contributed by atoms with Gasteiger partial charge in [-0.25, -0.2) is 8.78 Å². The van der Waals surface area contributed by atoms with Gasteiger partial charge in [0, 0.05) is 12.1 Å². The van der Waals surface area contributed by atoms with Crippen molar-refractivity contribution in [1.82, 2.24) is 0 Å². The summed E-state index contributed by atoms with van der Waals surface area (Å²) in [5, 5.41) is -0.0969. The summed E-state index contributed by atoms with van der Waals surface area (Å²) in [6.07, 6.45) is 0. The standard InChI is InChI=1S/C12H7BrClF2NO/c13-7-3-6(1-2-9(7)15)18-12-4-8(14)10(16)5-11(12)17/h1-5H,17H2. The van der Waals surface area contributed by atoms with E-state index in [4.69, 9.17) is 22.1 Å². The average Bonchev–Trinajstić information content (AvgIpc) is 2.31. The van der Waals surface area contributed by atoms with Crippen molar-refractivity contribution in [1.29, 1.82) is 0 Å². The molecule has 0 unspecified atom stereocenters. The molecule has 0 fully saturated rings. The van der Waals surface area contributed by atoms with E-state index in [1.54, 1.807) is 0 Å². The van der Waals surface area contributed by atoms with E-state index in [0.29, 0.717) is 5.75 Å². The lowest BCUT2D eigenvalue weighted by Gasteiger charge is -2.09. The predicted molar refractivity (Wildman–Crippen MR) is 70.0 cm³/mol. The average molecular weight is 335 g/mol. The number of nitrogens with two attached hydrogens (primary N) is 1. The number of halogens is 4. The zero-order valence-electron chi connectivity index (χ0n) is 8.88. The monoisotopic (exact) mass is 333 g/mol. The molecule has 0 spiro atoms. The fourth-order valence-corrected chi connectivity index (χ4v) is 1.81. The van der Waals surface area contributed by atoms with Crippen LogP contribution >= 0.6 is 27.5 Å². The zero-order chi connectivity index (χ0) is 13.3. The van der Waals surface area contributed by atoms with Gasteiger partial charge in [-0.3, -0.25) is 0 Å². The molecule has 0 aliphatic heterocycles. The molecule has 0 atom stereocenters. The Morgan fingerprint density at radius 2 is 1.83 bits per heavy atom. The van der Waals surface area contributed by atoms with Crippen molar-refractivity contribution in [3.05, 3.63) is 51.5 Å². The highest BCUT2D eigenvalue weighted by Gasteiger charge is 2.09. The van der Waals surface area contributed by atoms with E-state index >= 15 is 0 Å². The molecule has 0 bridgehead atoms. The van der Waals surface area contributed by atoms with Crippen LogP contribution in [0.15, 0.2) is 34.8 Å². The normalized spacial score (nSPS) is 10.4. The maximum atomic E-state index is 13.1. The first-order valence-electron chi connectivity index (χ1n) is 4.85. The molecule has 6 heteroatoms. The van der Waals surface area contributed by atoms with Crippen molar-refractivity contribution >= 4 is 33.2 Å². The van der Waals surface area contributed by atoms with Gasteiger partial charge in [0.1, 0.15) is 17.4 Å². The lowest BCUT2D eigenvalue weighted by atomic mass is 10.3. The second kappa shape index (κ2) is 5.12. The van der Waals surface area contributed by atoms with Gasteiger partial charge >= 0.3 is 0 Å². The lowest BCUT2D eigenvalue weighted by Crippen LogP contribution is -1.94. The molecule has 2 aromatic rings. The van der Waals surface area contributed by atoms with Crippen molar-refractivity contribution < 1.29 is 13.5 Å². The van der Waals surface area contributed by atoms with E-state index in [9.17, 15) is 8.78 Å². The summed E-state index contributed by atoms with van der Waals surface area (Å²) < 4.78 is 31.8. The van der Waals surface area contributed by atoms with Crippen LogP contribution in [0.1, 0.15) is 0 Å². The number of hydrogen-bond acceptors (Lipinski definition) is 2. The minimum Gasteiger partial charge on any atom is -0.455 e. The van der Waals surface area contributed by atoms with Gasteiger partial charge < -0.3 is 10.5 Å². The molecule has 0 radical (unpaired) electrons. The third-order valence-electron chi connectivity index (χ3n) is 2.17. The van der Waals surface area contributed by atoms with Crippen molar-refractivity contribution in [3.8, 4) is 11.5 Å². The molecule has 0 aliphatic rings. The molecule has 0 aromatic heterocycles. The van der Waals surface area contributed by atoms with Crippen molar-refractivity contribution in [2.75, 3.05) is 5.73 Å². The summed E-state index contributed by atoms with van der Waals surface area (Å²) in [5.74, 6) is -0.466. The number of rotatable bonds is 2. The highest BCUT2D eigenvalue weighted by molar-refractivity contribution is 9.10. The van der Waals surface area contributed by atoms with Crippen molar-refractivity contribution in [3.63, 3.8) is 0 Å². The van der Waals surface area contributed by atoms with Crippen LogP contribution in [-0.2, 0) is 0 Å². The maximum absolute atomic E-state index is 13.1. The SMILES string of the molecule is Nc1cc(F)c(Cl)cc1Oc1ccc(F)c(Br)c1. The molecule has 94 valence electrons. The quantitative estimate of drug-likeness (QED) is 0.804. The van der Waals surface area contributed by atoms with Gasteiger partial charge in [0.15, 0.2) is 5.75 Å². The number of hydrogen-bond donors (Lipinski definition) is 1. The van der Waals surface area contributed by atoms with Gasteiger partial charge in [-0.05, 0) is 34.1 Å². The minimum absolute atomic E-state index is 0.0969. The molecule has 2 rings (SSSR count). The Bertz CT molecular complexity index is 607. The smallest absolute Gasteiger partial charge is 0.151 e. The molecule has 0 saturated carbocycles. The summed E-state index contributed by atoms with van der Waals surface area (Å²) in [5.41, 5.74) is 5.71. The van der Waals surface area contributed by atoms with Crippen LogP contribution in [0.25, 0.3) is 0 Å². The van der Waals surface area contributed by atoms with Crippen LogP contribution in [-0.4, -0.2) is 0 Å². The predicted octanol–water partition coefficient (Wildman–Crippen LogP) is 4.76. The Labute approximate surface area is 115 Å². The molecule has 0 heterocycles. The molecule has 2 nitrogen and oxygen atoms in total. The van der Waals surface area contributed by atoms with Crippen LogP contribution in [0.3, 0.4) is 0 Å². The fraction of sp³-hybridized carbons (Fsp3) is 0. The van der Waals surface area contributed by atoms with Gasteiger partial charge in [-0.1, -0.05) is 11.6 Å². The summed E-state index contributed by atoms with van der Waals surface area (Å²) >= 11 is 8.66. The van der Waals surface area contributed by atoms with E-state index in [2.05, 4.69) is 15.9 Å². The Morgan fingerprint density at radius 1 is 1.11 bits per heavy atom. The van der Waals surface area contributed by atoms with E-state index in [1.807, 2.05) is 0 Å². The van der Waals surface area contributed by atoms with Crippen LogP contribution in [0, 0.1) is 11.6 Å². The summed E-state index contributed by atoms with van der Waals surface area (Å²) in [6, 6.07) is 6.43. The Balaban J connectivity index is 2.34. The largest absolute Gasteiger partial charge is 0.455 e. The van der Waals surface area contributed by atoms with Gasteiger partial charge in [-0.2, -0.15) is 0 Å². The van der Waals surface area contributed by atoms with E-state index < -0.39 is 11.6 Å². The highest BCUT2D eigenvalue weighted by Crippen LogP contribution is 2.33. The minimum atomic E-state index is -0.623. The second-order valence-corrected chi connectivity index (χ2v) is 4.74. The molecule has 0 aliphatic carbocycles. The Kier molecular flexibility index (Phi) is 3.73. The summed E-state index contributed by atoms with van der Waals surface area (Å²) in [6.45, 7) is 0. The van der Waals surface area contributed by atoms with Crippen LogP contribution in [0.5, 0.6) is 11.5 Å². The number of ether oxygens (including phenoxy) is 1. The first kappa shape index (κ1) is 13.1. The summed E-state index contributed by atoms with van der Waals surface area (Å²) in [4.78, 5) is 0. The fourth-order valence-electron chi connectivity index (χ4n) is 1.30. The first-order valence-corrected chi connectivity index (χ1v) is 6.02. The van der Waals surface area contributed by atoms with E-state index in [1.165, 1.54) is 24.3 Å². The second-order valence-electron chi connectivity index (χ2n) is 3.48. The van der Waals surface area contributed by atoms with Gasteiger partial charge in [0.25, 0.3) is 0 Å². The van der Waals surface area contributed by atoms with Crippen LogP contribution in [0.2, 0.25) is 5.02 Å². The number of benzene rings is 2. The zero-order valence-corrected chi connectivity index (χ0v) is 11.2. The third-order valence-corrected chi connectivity index (χ3v) is 3.07. The molecule has 2 N–H and O–H groups in total. The molecular formula is C12H7BrClF2NO. The topological polar surface area (TPSA) is 35.2 Å². The third kappa shape index (κ3) is 2.73. The lowest BCUT2D eigenvalue weighted by molar-refractivity contribution is 0.480. The molecule has 2 aromatic carbocycles. The first-order chi connectivity index (χ1) is 8.47. The molecular weight excluding hydrogens is 327 g/mol. The van der Waals surface area contributed by atoms with Gasteiger partial charge in [-0.15, -0.1) is 0 Å². The van der Waals surface area contributed by atoms with Gasteiger partial charge in [0.05, 0.1) is 15.2 Å². The Hall–Kier alpha value is -1.33. The van der Waals surface area contributed by atoms with Crippen molar-refractivity contribution in [2.45, 2.75) is 0 Å². The van der Waals surface area contributed by atoms with E-state index in [-0.39, 0.29) is 20.9 Å². The summed E-state index contributed by atoms with van der Waals surface area (Å²) in [7, 11) is 0. The molecule has 0 saturated heterocycles. The number of nitrogen functional groups attached to an aromatic ring is 1. The van der Waals surface area contributed by atoms with Gasteiger partial charge in [0.2, 0.25) is 0 Å². The Morgan fingerprint density at radius 3 is 2.50 bits per heavy atom. The van der Waals surface area contributed by atoms with E-state index in [0.717, 1.165) is 6.07 Å². The van der Waals surface area contributed by atoms with Crippen molar-refractivity contribution in [2.24, 2.45) is 0 Å². The number of anilines is 1. The highest BCUT2D eigenvalue weighted by atomic mass is 79.9. The van der Waals surface area contributed by atoms with Crippen LogP contribution in [0.4, 0.5) is 14.5 Å². The van der Waals surface area contributed by atoms with Crippen LogP contribution < -0.4 is 10.5 Å². The molecule has 18 heavy (non-hydrogen) atoms. The maximum Gasteiger partial charge on any atom is 0.151 e. The molecule has 0 amide bonds.